The molecule has 0 aliphatic carbocycles. The first kappa shape index (κ1) is 23.0. The summed E-state index contributed by atoms with van der Waals surface area (Å²) in [5, 5.41) is 20.5. The fourth-order valence-electron chi connectivity index (χ4n) is 2.92. The molecule has 0 unspecified atom stereocenters. The maximum absolute atomic E-state index is 12.7. The van der Waals surface area contributed by atoms with Crippen molar-refractivity contribution in [1.29, 1.82) is 5.26 Å². The van der Waals surface area contributed by atoms with E-state index in [0.29, 0.717) is 23.7 Å². The number of nitro groups is 1. The monoisotopic (exact) mass is 540 g/mol. The summed E-state index contributed by atoms with van der Waals surface area (Å²) in [6.45, 7) is 0.358. The smallest absolute Gasteiger partial charge is 0.270 e. The highest BCUT2D eigenvalue weighted by molar-refractivity contribution is 14.1. The number of hydrogen-bond donors (Lipinski definition) is 0. The molecule has 0 bridgehead atoms. The molecule has 3 rings (SSSR count). The Hall–Kier alpha value is -3.71. The van der Waals surface area contributed by atoms with Gasteiger partial charge in [0.1, 0.15) is 18.2 Å². The average molecular weight is 540 g/mol. The number of nitriles is 1. The normalized spacial score (nSPS) is 10.8. The van der Waals surface area contributed by atoms with Crippen molar-refractivity contribution in [3.05, 3.63) is 103 Å². The molecule has 160 valence electrons. The molecule has 8 heteroatoms. The first-order chi connectivity index (χ1) is 15.4. The van der Waals surface area contributed by atoms with Gasteiger partial charge in [0.15, 0.2) is 11.5 Å². The summed E-state index contributed by atoms with van der Waals surface area (Å²) in [6, 6.07) is 20.3. The van der Waals surface area contributed by atoms with Gasteiger partial charge in [0.25, 0.3) is 5.69 Å². The van der Waals surface area contributed by atoms with Crippen LogP contribution in [0.4, 0.5) is 5.69 Å². The molecule has 0 fully saturated rings. The number of ketones is 1. The van der Waals surface area contributed by atoms with Crippen molar-refractivity contribution in [2.75, 3.05) is 7.11 Å². The second-order valence-electron chi connectivity index (χ2n) is 6.61. The van der Waals surface area contributed by atoms with E-state index in [4.69, 9.17) is 9.47 Å². The van der Waals surface area contributed by atoms with Crippen LogP contribution in [0, 0.1) is 25.0 Å². The summed E-state index contributed by atoms with van der Waals surface area (Å²) in [7, 11) is 1.51. The van der Waals surface area contributed by atoms with Crippen LogP contribution in [-0.2, 0) is 6.61 Å². The third kappa shape index (κ3) is 5.50. The number of benzene rings is 3. The SMILES string of the molecule is COc1cc(/C=C(\C#N)C(=O)c2cccc([N+](=O)[O-])c2)cc(I)c1OCc1ccccc1. The fourth-order valence-corrected chi connectivity index (χ4v) is 3.71. The Bertz CT molecular complexity index is 1230. The zero-order valence-corrected chi connectivity index (χ0v) is 19.1. The van der Waals surface area contributed by atoms with E-state index in [-0.39, 0.29) is 16.8 Å². The lowest BCUT2D eigenvalue weighted by Gasteiger charge is -2.14. The summed E-state index contributed by atoms with van der Waals surface area (Å²) in [4.78, 5) is 23.1. The van der Waals surface area contributed by atoms with E-state index in [1.165, 1.54) is 31.4 Å². The van der Waals surface area contributed by atoms with Crippen LogP contribution in [0.25, 0.3) is 6.08 Å². The molecular formula is C24H17IN2O5. The highest BCUT2D eigenvalue weighted by atomic mass is 127. The molecule has 0 aliphatic heterocycles. The summed E-state index contributed by atoms with van der Waals surface area (Å²) in [6.07, 6.45) is 1.42. The summed E-state index contributed by atoms with van der Waals surface area (Å²) < 4.78 is 12.1. The van der Waals surface area contributed by atoms with Crippen LogP contribution in [0.5, 0.6) is 11.5 Å². The number of ether oxygens (including phenoxy) is 2. The van der Waals surface area contributed by atoms with Gasteiger partial charge in [-0.1, -0.05) is 42.5 Å². The van der Waals surface area contributed by atoms with Gasteiger partial charge in [-0.25, -0.2) is 0 Å². The van der Waals surface area contributed by atoms with E-state index in [0.717, 1.165) is 15.2 Å². The summed E-state index contributed by atoms with van der Waals surface area (Å²) in [5.74, 6) is 0.409. The average Bonchev–Trinajstić information content (AvgIpc) is 2.81. The Morgan fingerprint density at radius 1 is 1.16 bits per heavy atom. The molecule has 7 nitrogen and oxygen atoms in total. The molecule has 0 saturated heterocycles. The van der Waals surface area contributed by atoms with Crippen molar-refractivity contribution in [3.8, 4) is 17.6 Å². The number of allylic oxidation sites excluding steroid dienone is 1. The Morgan fingerprint density at radius 3 is 2.56 bits per heavy atom. The van der Waals surface area contributed by atoms with E-state index in [9.17, 15) is 20.2 Å². The molecule has 0 heterocycles. The second kappa shape index (κ2) is 10.5. The number of Topliss-reactive ketones (excluding diaryl/α,β-unsaturated/α-hetero) is 1. The first-order valence-electron chi connectivity index (χ1n) is 9.38. The minimum atomic E-state index is -0.602. The van der Waals surface area contributed by atoms with Crippen LogP contribution in [0.15, 0.2) is 72.3 Å². The third-order valence-electron chi connectivity index (χ3n) is 4.47. The van der Waals surface area contributed by atoms with Gasteiger partial charge >= 0.3 is 0 Å². The number of hydrogen-bond acceptors (Lipinski definition) is 6. The molecule has 0 aromatic heterocycles. The molecular weight excluding hydrogens is 523 g/mol. The number of non-ortho nitro benzene ring substituents is 1. The quantitative estimate of drug-likeness (QED) is 0.0924. The molecule has 0 saturated carbocycles. The van der Waals surface area contributed by atoms with Gasteiger partial charge in [-0.05, 0) is 51.9 Å². The van der Waals surface area contributed by atoms with Crippen LogP contribution in [0.2, 0.25) is 0 Å². The molecule has 0 N–H and O–H groups in total. The van der Waals surface area contributed by atoms with Crippen molar-refractivity contribution in [2.45, 2.75) is 6.61 Å². The summed E-state index contributed by atoms with van der Waals surface area (Å²) >= 11 is 2.10. The molecule has 0 aliphatic rings. The number of carbonyl (C=O) groups is 1. The van der Waals surface area contributed by atoms with E-state index in [1.807, 2.05) is 36.4 Å². The standard InChI is InChI=1S/C24H17IN2O5/c1-31-22-12-17(11-21(25)24(22)32-15-16-6-3-2-4-7-16)10-19(14-26)23(28)18-8-5-9-20(13-18)27(29)30/h2-13H,15H2,1H3/b19-10+. The Balaban J connectivity index is 1.90. The van der Waals surface area contributed by atoms with Gasteiger partial charge in [-0.3, -0.25) is 14.9 Å². The number of methoxy groups -OCH3 is 1. The van der Waals surface area contributed by atoms with Gasteiger partial charge in [0, 0.05) is 17.7 Å². The zero-order chi connectivity index (χ0) is 23.1. The minimum absolute atomic E-state index is 0.0662. The molecule has 3 aromatic carbocycles. The maximum atomic E-state index is 12.7. The van der Waals surface area contributed by atoms with E-state index in [1.54, 1.807) is 12.1 Å². The third-order valence-corrected chi connectivity index (χ3v) is 5.27. The van der Waals surface area contributed by atoms with Crippen molar-refractivity contribution < 1.29 is 19.2 Å². The van der Waals surface area contributed by atoms with Crippen LogP contribution in [0.3, 0.4) is 0 Å². The van der Waals surface area contributed by atoms with Gasteiger partial charge in [0.05, 0.1) is 15.6 Å². The predicted octanol–water partition coefficient (Wildman–Crippen LogP) is 5.58. The summed E-state index contributed by atoms with van der Waals surface area (Å²) in [5.41, 5.74) is 1.26. The maximum Gasteiger partial charge on any atom is 0.270 e. The number of carbonyl (C=O) groups excluding carboxylic acids is 1. The van der Waals surface area contributed by atoms with Gasteiger partial charge in [-0.2, -0.15) is 5.26 Å². The van der Waals surface area contributed by atoms with E-state index in [2.05, 4.69) is 22.6 Å². The zero-order valence-electron chi connectivity index (χ0n) is 16.9. The number of rotatable bonds is 8. The van der Waals surface area contributed by atoms with Crippen molar-refractivity contribution >= 4 is 40.1 Å². The Kier molecular flexibility index (Phi) is 7.57. The molecule has 0 spiro atoms. The fraction of sp³-hybridized carbons (Fsp3) is 0.0833. The molecule has 0 atom stereocenters. The predicted molar refractivity (Wildman–Crippen MR) is 128 cm³/mol. The van der Waals surface area contributed by atoms with Gasteiger partial charge in [-0.15, -0.1) is 0 Å². The highest BCUT2D eigenvalue weighted by Gasteiger charge is 2.17. The number of nitrogens with zero attached hydrogens (tertiary/aromatic N) is 2. The molecule has 32 heavy (non-hydrogen) atoms. The minimum Gasteiger partial charge on any atom is -0.493 e. The van der Waals surface area contributed by atoms with E-state index < -0.39 is 10.7 Å². The second-order valence-corrected chi connectivity index (χ2v) is 7.78. The van der Waals surface area contributed by atoms with Crippen LogP contribution >= 0.6 is 22.6 Å². The van der Waals surface area contributed by atoms with E-state index >= 15 is 0 Å². The van der Waals surface area contributed by atoms with Crippen LogP contribution < -0.4 is 9.47 Å². The topological polar surface area (TPSA) is 102 Å². The lowest BCUT2D eigenvalue weighted by Crippen LogP contribution is -2.03. The number of nitro benzene ring substituents is 1. The molecule has 0 amide bonds. The lowest BCUT2D eigenvalue weighted by molar-refractivity contribution is -0.384. The van der Waals surface area contributed by atoms with Crippen LogP contribution in [-0.4, -0.2) is 17.8 Å². The first-order valence-corrected chi connectivity index (χ1v) is 10.5. The highest BCUT2D eigenvalue weighted by Crippen LogP contribution is 2.35. The molecule has 3 aromatic rings. The van der Waals surface area contributed by atoms with Crippen molar-refractivity contribution in [1.82, 2.24) is 0 Å². The molecule has 0 radical (unpaired) electrons. The number of halogens is 1. The Labute approximate surface area is 198 Å². The largest absolute Gasteiger partial charge is 0.493 e. The Morgan fingerprint density at radius 2 is 1.91 bits per heavy atom. The van der Waals surface area contributed by atoms with Crippen molar-refractivity contribution in [3.63, 3.8) is 0 Å². The van der Waals surface area contributed by atoms with Crippen molar-refractivity contribution in [2.24, 2.45) is 0 Å². The van der Waals surface area contributed by atoms with Gasteiger partial charge < -0.3 is 9.47 Å². The van der Waals surface area contributed by atoms with Gasteiger partial charge in [0.2, 0.25) is 5.78 Å². The lowest BCUT2D eigenvalue weighted by atomic mass is 10.0. The van der Waals surface area contributed by atoms with Crippen LogP contribution in [0.1, 0.15) is 21.5 Å².